The Labute approximate surface area is 149 Å². The summed E-state index contributed by atoms with van der Waals surface area (Å²) in [5.74, 6) is -0.794. The lowest BCUT2D eigenvalue weighted by molar-refractivity contribution is -0.169. The van der Waals surface area contributed by atoms with E-state index in [1.54, 1.807) is 24.3 Å². The van der Waals surface area contributed by atoms with E-state index in [1.807, 2.05) is 0 Å². The van der Waals surface area contributed by atoms with Gasteiger partial charge in [0.1, 0.15) is 6.61 Å². The average Bonchev–Trinajstić information content (AvgIpc) is 2.98. The van der Waals surface area contributed by atoms with E-state index in [4.69, 9.17) is 11.8 Å². The van der Waals surface area contributed by atoms with Crippen LogP contribution >= 0.6 is 0 Å². The molecule has 4 heterocycles. The van der Waals surface area contributed by atoms with Crippen LogP contribution in [0.15, 0.2) is 35.1 Å². The maximum Gasteiger partial charge on any atom is 0.342 e. The number of benzene rings is 1. The highest BCUT2D eigenvalue weighted by atomic mass is 16.6. The summed E-state index contributed by atoms with van der Waals surface area (Å²) in [6, 6.07) is 7.03. The monoisotopic (exact) mass is 351 g/mol. The molecule has 2 aromatic heterocycles. The van der Waals surface area contributed by atoms with Crippen molar-refractivity contribution in [3.63, 3.8) is 0 Å². The van der Waals surface area contributed by atoms with E-state index in [1.165, 1.54) is 11.5 Å². The van der Waals surface area contributed by atoms with Crippen LogP contribution in [0.2, 0.25) is 0 Å². The van der Waals surface area contributed by atoms with Crippen LogP contribution in [0.1, 0.15) is 25.0 Å². The number of hydrogen-bond acceptors (Lipinski definition) is 6. The van der Waals surface area contributed by atoms with E-state index in [-0.39, 0.29) is 35.9 Å². The topological polar surface area (TPSA) is 107 Å². The molecule has 0 unspecified atom stereocenters. The van der Waals surface area contributed by atoms with Gasteiger partial charge in [-0.15, -0.1) is 0 Å². The van der Waals surface area contributed by atoms with Crippen molar-refractivity contribution in [2.45, 2.75) is 25.7 Å². The second-order valence-electron chi connectivity index (χ2n) is 6.80. The summed E-state index contributed by atoms with van der Waals surface area (Å²) in [7, 11) is 0. The maximum absolute atomic E-state index is 13.0. The van der Waals surface area contributed by atoms with Crippen LogP contribution in [0, 0.1) is 0 Å². The molecule has 0 spiro atoms. The number of anilines is 1. The fourth-order valence-corrected chi connectivity index (χ4v) is 3.65. The summed E-state index contributed by atoms with van der Waals surface area (Å²) >= 11 is 0. The molecule has 5 rings (SSSR count). The first kappa shape index (κ1) is 14.0. The molecule has 0 amide bonds. The maximum atomic E-state index is 13.0. The third-order valence-electron chi connectivity index (χ3n) is 5.05. The Hall–Kier alpha value is -3.19. The molecule has 3 N–H and O–H groups in total. The molecule has 26 heavy (non-hydrogen) atoms. The largest absolute Gasteiger partial charge is 0.458 e. The van der Waals surface area contributed by atoms with Crippen molar-refractivity contribution in [3.8, 4) is 11.4 Å². The number of pyridine rings is 2. The van der Waals surface area contributed by atoms with Gasteiger partial charge < -0.3 is 20.1 Å². The van der Waals surface area contributed by atoms with Crippen LogP contribution in [0.25, 0.3) is 22.3 Å². The quantitative estimate of drug-likeness (QED) is 0.365. The van der Waals surface area contributed by atoms with Crippen molar-refractivity contribution < 1.29 is 16.0 Å². The van der Waals surface area contributed by atoms with Gasteiger partial charge in [-0.1, -0.05) is 6.07 Å². The third-order valence-corrected chi connectivity index (χ3v) is 5.05. The minimum atomic E-state index is -1.91. The molecule has 7 heteroatoms. The SMILES string of the molecule is [3H]c1c2c(nc3cc(N)ccc13)-c1cc3c(c(=O)n1C2)COC(=O)[C@@]3(C)O. The minimum Gasteiger partial charge on any atom is -0.458 e. The summed E-state index contributed by atoms with van der Waals surface area (Å²) in [6.45, 7) is 1.34. The molecular formula is C19H15N3O4. The molecule has 1 atom stereocenters. The van der Waals surface area contributed by atoms with Crippen LogP contribution in [0.3, 0.4) is 0 Å². The predicted octanol–water partition coefficient (Wildman–Crippen LogP) is 1.27. The highest BCUT2D eigenvalue weighted by Gasteiger charge is 2.42. The van der Waals surface area contributed by atoms with E-state index in [9.17, 15) is 14.7 Å². The van der Waals surface area contributed by atoms with Crippen LogP contribution in [0.4, 0.5) is 5.69 Å². The average molecular weight is 351 g/mol. The number of ether oxygens (including phenoxy) is 1. The molecule has 0 aliphatic carbocycles. The Bertz CT molecular complexity index is 1250. The standard InChI is InChI=1S/C19H15N3O4/c1-19(25)13-6-15-16-10(4-9-2-3-11(20)5-14(9)21-16)7-22(15)17(23)12(13)8-26-18(19)24/h2-6,25H,7-8,20H2,1H3/t19-/m0/s1/i4T. The molecule has 1 aromatic carbocycles. The number of aliphatic hydroxyl groups is 1. The fraction of sp³-hybridized carbons (Fsp3) is 0.211. The number of carbonyl (C=O) groups is 1. The summed E-state index contributed by atoms with van der Waals surface area (Å²) in [4.78, 5) is 29.6. The Kier molecular flexibility index (Phi) is 2.54. The van der Waals surface area contributed by atoms with E-state index in [0.717, 1.165) is 0 Å². The second kappa shape index (κ2) is 4.70. The normalized spacial score (nSPS) is 21.0. The van der Waals surface area contributed by atoms with Crippen LogP contribution < -0.4 is 11.3 Å². The number of nitrogen functional groups attached to an aromatic ring is 1. The predicted molar refractivity (Wildman–Crippen MR) is 94.3 cm³/mol. The van der Waals surface area contributed by atoms with Crippen molar-refractivity contribution >= 4 is 22.6 Å². The van der Waals surface area contributed by atoms with Gasteiger partial charge in [0.2, 0.25) is 0 Å². The molecule has 7 nitrogen and oxygen atoms in total. The lowest BCUT2D eigenvalue weighted by Gasteiger charge is -2.29. The van der Waals surface area contributed by atoms with Gasteiger partial charge in [0.05, 0.1) is 30.4 Å². The first-order chi connectivity index (χ1) is 12.8. The van der Waals surface area contributed by atoms with Crippen molar-refractivity contribution in [2.75, 3.05) is 5.73 Å². The molecule has 2 aliphatic rings. The van der Waals surface area contributed by atoms with Crippen molar-refractivity contribution in [3.05, 3.63) is 57.4 Å². The molecule has 0 bridgehead atoms. The van der Waals surface area contributed by atoms with Gasteiger partial charge in [-0.25, -0.2) is 9.78 Å². The number of cyclic esters (lactones) is 1. The smallest absolute Gasteiger partial charge is 0.342 e. The Balaban J connectivity index is 1.84. The second-order valence-corrected chi connectivity index (χ2v) is 6.80. The van der Waals surface area contributed by atoms with Crippen molar-refractivity contribution in [1.82, 2.24) is 9.55 Å². The minimum absolute atomic E-state index is 0.181. The fourth-order valence-electron chi connectivity index (χ4n) is 3.65. The first-order valence-electron chi connectivity index (χ1n) is 8.65. The van der Waals surface area contributed by atoms with Crippen molar-refractivity contribution in [1.29, 1.82) is 0 Å². The van der Waals surface area contributed by atoms with Crippen molar-refractivity contribution in [2.24, 2.45) is 0 Å². The molecule has 0 radical (unpaired) electrons. The Morgan fingerprint density at radius 3 is 3.00 bits per heavy atom. The summed E-state index contributed by atoms with van der Waals surface area (Å²) in [5, 5.41) is 11.2. The summed E-state index contributed by atoms with van der Waals surface area (Å²) in [5.41, 5.74) is 6.73. The number of carbonyl (C=O) groups excluding carboxylic acids is 1. The first-order valence-corrected chi connectivity index (χ1v) is 8.15. The molecule has 3 aromatic rings. The van der Waals surface area contributed by atoms with Crippen LogP contribution in [-0.4, -0.2) is 20.6 Å². The summed E-state index contributed by atoms with van der Waals surface area (Å²) in [6.07, 6.45) is 0. The number of nitrogens with two attached hydrogens (primary N) is 1. The molecular weight excluding hydrogens is 334 g/mol. The number of esters is 1. The Morgan fingerprint density at radius 2 is 2.19 bits per heavy atom. The molecule has 0 saturated carbocycles. The van der Waals surface area contributed by atoms with E-state index in [0.29, 0.717) is 33.5 Å². The number of rotatable bonds is 0. The molecule has 2 aliphatic heterocycles. The van der Waals surface area contributed by atoms with Gasteiger partial charge in [0.25, 0.3) is 5.56 Å². The molecule has 0 saturated heterocycles. The van der Waals surface area contributed by atoms with E-state index < -0.39 is 11.6 Å². The Morgan fingerprint density at radius 1 is 1.38 bits per heavy atom. The van der Waals surface area contributed by atoms with Gasteiger partial charge in [0.15, 0.2) is 5.60 Å². The lowest BCUT2D eigenvalue weighted by atomic mass is 9.90. The van der Waals surface area contributed by atoms with Gasteiger partial charge in [-0.05, 0) is 31.2 Å². The van der Waals surface area contributed by atoms with Gasteiger partial charge in [0, 0.05) is 22.2 Å². The molecule has 130 valence electrons. The van der Waals surface area contributed by atoms with Crippen LogP contribution in [0.5, 0.6) is 0 Å². The van der Waals surface area contributed by atoms with E-state index >= 15 is 0 Å². The van der Waals surface area contributed by atoms with Gasteiger partial charge in [-0.2, -0.15) is 0 Å². The van der Waals surface area contributed by atoms with E-state index in [2.05, 4.69) is 4.98 Å². The number of hydrogen-bond donors (Lipinski definition) is 2. The number of nitrogens with zero attached hydrogens (tertiary/aromatic N) is 2. The van der Waals surface area contributed by atoms with Crippen LogP contribution in [-0.2, 0) is 28.3 Å². The highest BCUT2D eigenvalue weighted by Crippen LogP contribution is 2.37. The zero-order chi connectivity index (χ0) is 19.1. The zero-order valence-electron chi connectivity index (χ0n) is 14.9. The number of aromatic nitrogens is 2. The third kappa shape index (κ3) is 1.83. The molecule has 0 fully saturated rings. The zero-order valence-corrected chi connectivity index (χ0v) is 13.9. The highest BCUT2D eigenvalue weighted by molar-refractivity contribution is 5.87. The number of fused-ring (bicyclic) bond motifs is 5. The summed E-state index contributed by atoms with van der Waals surface area (Å²) < 4.78 is 15.0. The lowest BCUT2D eigenvalue weighted by Crippen LogP contribution is -2.42. The van der Waals surface area contributed by atoms with Gasteiger partial charge in [-0.3, -0.25) is 4.79 Å². The van der Waals surface area contributed by atoms with Gasteiger partial charge >= 0.3 is 5.97 Å².